The molecule has 2 aromatic rings. The van der Waals surface area contributed by atoms with Gasteiger partial charge < -0.3 is 19.7 Å². The molecule has 0 unspecified atom stereocenters. The molecule has 3 aliphatic rings. The van der Waals surface area contributed by atoms with Crippen molar-refractivity contribution in [3.8, 4) is 5.75 Å². The van der Waals surface area contributed by atoms with E-state index in [1.807, 2.05) is 24.1 Å². The van der Waals surface area contributed by atoms with E-state index < -0.39 is 12.2 Å². The molecule has 1 aromatic heterocycles. The number of piperazine rings is 1. The second kappa shape index (κ2) is 8.85. The molecule has 0 bridgehead atoms. The summed E-state index contributed by atoms with van der Waals surface area (Å²) in [4.78, 5) is 43.4. The quantitative estimate of drug-likeness (QED) is 0.708. The van der Waals surface area contributed by atoms with Gasteiger partial charge in [0.2, 0.25) is 5.91 Å². The number of amides is 3. The maximum atomic E-state index is 12.8. The summed E-state index contributed by atoms with van der Waals surface area (Å²) < 4.78 is 12.1. The number of nitrogens with zero attached hydrogens (tertiary/aromatic N) is 3. The number of rotatable bonds is 4. The van der Waals surface area contributed by atoms with Crippen molar-refractivity contribution in [2.75, 3.05) is 49.6 Å². The van der Waals surface area contributed by atoms with Crippen LogP contribution in [0.4, 0.5) is 16.2 Å². The first-order chi connectivity index (χ1) is 15.9. The van der Waals surface area contributed by atoms with E-state index in [2.05, 4.69) is 5.32 Å². The van der Waals surface area contributed by atoms with Crippen LogP contribution in [0.2, 0.25) is 4.34 Å². The number of likely N-dealkylation sites (N-methyl/N-ethyl adjacent to an activating group) is 1. The fourth-order valence-corrected chi connectivity index (χ4v) is 5.35. The standard InChI is InChI=1S/C22H23ClN4O5S/c1-25-7-8-26(20(28)12-25)13-2-3-14-16(10-13)31-9-6-15-17(32-22(30)27(14)15)11-24-21(29)18-4-5-19(23)33-18/h2-5,10,15,17H,6-9,11-12H2,1H3,(H,24,29)/t15-,17-/m0/s1. The highest BCUT2D eigenvalue weighted by atomic mass is 35.5. The molecule has 3 aliphatic heterocycles. The first kappa shape index (κ1) is 22.0. The molecule has 2 saturated heterocycles. The van der Waals surface area contributed by atoms with Crippen LogP contribution < -0.4 is 19.9 Å². The molecule has 0 radical (unpaired) electrons. The zero-order valence-electron chi connectivity index (χ0n) is 18.0. The predicted molar refractivity (Wildman–Crippen MR) is 125 cm³/mol. The van der Waals surface area contributed by atoms with E-state index in [9.17, 15) is 14.4 Å². The maximum Gasteiger partial charge on any atom is 0.415 e. The Balaban J connectivity index is 1.32. The first-order valence-electron chi connectivity index (χ1n) is 10.7. The number of anilines is 2. The minimum atomic E-state index is -0.509. The van der Waals surface area contributed by atoms with Crippen molar-refractivity contribution in [3.63, 3.8) is 0 Å². The minimum Gasteiger partial charge on any atom is -0.491 e. The van der Waals surface area contributed by atoms with Gasteiger partial charge in [-0.15, -0.1) is 11.3 Å². The minimum absolute atomic E-state index is 0.0265. The van der Waals surface area contributed by atoms with Crippen LogP contribution in [-0.2, 0) is 9.53 Å². The van der Waals surface area contributed by atoms with Crippen molar-refractivity contribution < 1.29 is 23.9 Å². The van der Waals surface area contributed by atoms with Crippen LogP contribution in [0.1, 0.15) is 16.1 Å². The van der Waals surface area contributed by atoms with Crippen LogP contribution in [0.5, 0.6) is 5.75 Å². The highest BCUT2D eigenvalue weighted by molar-refractivity contribution is 7.18. The summed E-state index contributed by atoms with van der Waals surface area (Å²) in [5.41, 5.74) is 1.35. The Morgan fingerprint density at radius 3 is 2.85 bits per heavy atom. The van der Waals surface area contributed by atoms with E-state index in [4.69, 9.17) is 21.1 Å². The van der Waals surface area contributed by atoms with Gasteiger partial charge in [-0.3, -0.25) is 19.4 Å². The number of carbonyl (C=O) groups excluding carboxylic acids is 3. The third-order valence-electron chi connectivity index (χ3n) is 6.07. The lowest BCUT2D eigenvalue weighted by Crippen LogP contribution is -2.48. The van der Waals surface area contributed by atoms with Gasteiger partial charge in [-0.25, -0.2) is 4.79 Å². The Kier molecular flexibility index (Phi) is 5.90. The monoisotopic (exact) mass is 490 g/mol. The molecule has 2 fully saturated rings. The largest absolute Gasteiger partial charge is 0.491 e. The Morgan fingerprint density at radius 1 is 1.24 bits per heavy atom. The van der Waals surface area contributed by atoms with Crippen molar-refractivity contribution in [1.82, 2.24) is 10.2 Å². The van der Waals surface area contributed by atoms with Gasteiger partial charge in [-0.1, -0.05) is 11.6 Å². The van der Waals surface area contributed by atoms with Crippen molar-refractivity contribution >= 4 is 52.2 Å². The second-order valence-electron chi connectivity index (χ2n) is 8.25. The first-order valence-corrected chi connectivity index (χ1v) is 11.9. The molecule has 1 aromatic carbocycles. The highest BCUT2D eigenvalue weighted by Crippen LogP contribution is 2.40. The van der Waals surface area contributed by atoms with Gasteiger partial charge in [0, 0.05) is 31.3 Å². The fraction of sp³-hybridized carbons (Fsp3) is 0.409. The average molecular weight is 491 g/mol. The van der Waals surface area contributed by atoms with Crippen LogP contribution in [0.15, 0.2) is 30.3 Å². The number of cyclic esters (lactones) is 1. The Labute approximate surface area is 199 Å². The molecule has 1 N–H and O–H groups in total. The Bertz CT molecular complexity index is 1110. The molecule has 4 heterocycles. The maximum absolute atomic E-state index is 12.8. The number of benzene rings is 1. The van der Waals surface area contributed by atoms with Gasteiger partial charge in [0.1, 0.15) is 11.9 Å². The van der Waals surface area contributed by atoms with Crippen molar-refractivity contribution in [2.24, 2.45) is 0 Å². The summed E-state index contributed by atoms with van der Waals surface area (Å²) >= 11 is 7.10. The molecule has 9 nitrogen and oxygen atoms in total. The summed E-state index contributed by atoms with van der Waals surface area (Å²) in [6.07, 6.45) is -0.437. The number of hydrogen-bond donors (Lipinski definition) is 1. The van der Waals surface area contributed by atoms with Crippen LogP contribution in [-0.4, -0.2) is 74.8 Å². The van der Waals surface area contributed by atoms with Gasteiger partial charge in [0.15, 0.2) is 0 Å². The lowest BCUT2D eigenvalue weighted by Gasteiger charge is -2.32. The lowest BCUT2D eigenvalue weighted by atomic mass is 10.1. The molecule has 174 valence electrons. The van der Waals surface area contributed by atoms with Crippen molar-refractivity contribution in [2.45, 2.75) is 18.6 Å². The number of fused-ring (bicyclic) bond motifs is 3. The topological polar surface area (TPSA) is 91.4 Å². The van der Waals surface area contributed by atoms with Gasteiger partial charge in [-0.05, 0) is 31.3 Å². The van der Waals surface area contributed by atoms with Crippen LogP contribution in [0.3, 0.4) is 0 Å². The molecular formula is C22H23ClN4O5S. The SMILES string of the molecule is CN1CCN(c2ccc3c(c2)OCC[C@H]2[C@H](CNC(=O)c4ccc(Cl)s4)OC(=O)N32)C(=O)C1. The van der Waals surface area contributed by atoms with Crippen molar-refractivity contribution in [3.05, 3.63) is 39.5 Å². The smallest absolute Gasteiger partial charge is 0.415 e. The Morgan fingerprint density at radius 2 is 2.09 bits per heavy atom. The number of thiophene rings is 1. The number of ether oxygens (including phenoxy) is 2. The number of carbonyl (C=O) groups is 3. The van der Waals surface area contributed by atoms with Crippen LogP contribution in [0, 0.1) is 0 Å². The average Bonchev–Trinajstić information content (AvgIpc) is 3.28. The van der Waals surface area contributed by atoms with E-state index in [1.165, 1.54) is 11.3 Å². The summed E-state index contributed by atoms with van der Waals surface area (Å²) in [7, 11) is 1.92. The second-order valence-corrected chi connectivity index (χ2v) is 9.96. The normalized spacial score (nSPS) is 22.8. The van der Waals surface area contributed by atoms with E-state index >= 15 is 0 Å². The predicted octanol–water partition coefficient (Wildman–Crippen LogP) is 2.59. The molecule has 0 saturated carbocycles. The van der Waals surface area contributed by atoms with E-state index in [-0.39, 0.29) is 24.4 Å². The fourth-order valence-electron chi connectivity index (χ4n) is 4.39. The van der Waals surface area contributed by atoms with Gasteiger partial charge >= 0.3 is 6.09 Å². The molecule has 33 heavy (non-hydrogen) atoms. The zero-order chi connectivity index (χ0) is 23.1. The van der Waals surface area contributed by atoms with E-state index in [0.717, 1.165) is 12.2 Å². The number of hydrogen-bond acceptors (Lipinski definition) is 7. The van der Waals surface area contributed by atoms with Gasteiger partial charge in [0.05, 0.1) is 40.6 Å². The van der Waals surface area contributed by atoms with E-state index in [0.29, 0.717) is 46.8 Å². The van der Waals surface area contributed by atoms with Crippen LogP contribution in [0.25, 0.3) is 0 Å². The summed E-state index contributed by atoms with van der Waals surface area (Å²) in [6.45, 7) is 2.32. The molecule has 11 heteroatoms. The summed E-state index contributed by atoms with van der Waals surface area (Å²) in [5, 5.41) is 2.83. The van der Waals surface area contributed by atoms with Crippen molar-refractivity contribution in [1.29, 1.82) is 0 Å². The van der Waals surface area contributed by atoms with Crippen LogP contribution >= 0.6 is 22.9 Å². The van der Waals surface area contributed by atoms with Gasteiger partial charge in [-0.2, -0.15) is 0 Å². The summed E-state index contributed by atoms with van der Waals surface area (Å²) in [5.74, 6) is 0.309. The molecule has 5 rings (SSSR count). The molecule has 0 aliphatic carbocycles. The molecule has 3 amide bonds. The Hall–Kier alpha value is -2.82. The number of halogens is 1. The molecule has 0 spiro atoms. The third-order valence-corrected chi connectivity index (χ3v) is 7.30. The zero-order valence-corrected chi connectivity index (χ0v) is 19.5. The lowest BCUT2D eigenvalue weighted by molar-refractivity contribution is -0.120. The number of nitrogens with one attached hydrogen (secondary N) is 1. The third kappa shape index (κ3) is 4.25. The molecule has 2 atom stereocenters. The summed E-state index contributed by atoms with van der Waals surface area (Å²) in [6, 6.07) is 8.49. The molecular weight excluding hydrogens is 468 g/mol. The van der Waals surface area contributed by atoms with E-state index in [1.54, 1.807) is 28.0 Å². The van der Waals surface area contributed by atoms with Gasteiger partial charge in [0.25, 0.3) is 5.91 Å². The highest BCUT2D eigenvalue weighted by Gasteiger charge is 2.45.